The third-order valence-electron chi connectivity index (χ3n) is 4.82. The molecule has 25 heavy (non-hydrogen) atoms. The summed E-state index contributed by atoms with van der Waals surface area (Å²) in [5.74, 6) is 0.933. The number of hydrogen-bond acceptors (Lipinski definition) is 5. The zero-order valence-corrected chi connectivity index (χ0v) is 14.4. The first-order chi connectivity index (χ1) is 12.1. The number of nitrogens with zero attached hydrogens (tertiary/aromatic N) is 7. The van der Waals surface area contributed by atoms with Crippen molar-refractivity contribution in [2.24, 2.45) is 7.05 Å². The van der Waals surface area contributed by atoms with Gasteiger partial charge in [0.1, 0.15) is 5.52 Å². The van der Waals surface area contributed by atoms with Gasteiger partial charge in [-0.15, -0.1) is 0 Å². The van der Waals surface area contributed by atoms with E-state index in [4.69, 9.17) is 0 Å². The van der Waals surface area contributed by atoms with Crippen molar-refractivity contribution in [3.8, 4) is 0 Å². The molecular weight excluding hydrogens is 318 g/mol. The van der Waals surface area contributed by atoms with Gasteiger partial charge in [-0.1, -0.05) is 0 Å². The number of carbonyl (C=O) groups excluding carboxylic acids is 1. The number of fused-ring (bicyclic) bond motifs is 1. The molecule has 130 valence electrons. The average Bonchev–Trinajstić information content (AvgIpc) is 3.29. The molecule has 0 radical (unpaired) electrons. The first kappa shape index (κ1) is 15.6. The van der Waals surface area contributed by atoms with Crippen molar-refractivity contribution in [1.29, 1.82) is 0 Å². The predicted molar refractivity (Wildman–Crippen MR) is 93.5 cm³/mol. The molecule has 1 saturated heterocycles. The van der Waals surface area contributed by atoms with Crippen LogP contribution < -0.4 is 4.90 Å². The van der Waals surface area contributed by atoms with Crippen LogP contribution in [0.5, 0.6) is 0 Å². The number of rotatable bonds is 3. The van der Waals surface area contributed by atoms with E-state index in [2.05, 4.69) is 20.1 Å². The standard InChI is InChI=1S/C17H21N7O/c1-21-11-13(10-20-21)17(25)22(2)14-4-3-8-23(12-14)16-15-5-6-19-24(15)9-7-18-16/h5-7,9-11,14H,3-4,8,12H2,1-2H3. The highest BCUT2D eigenvalue weighted by Crippen LogP contribution is 2.24. The van der Waals surface area contributed by atoms with Crippen LogP contribution in [-0.4, -0.2) is 61.4 Å². The van der Waals surface area contributed by atoms with Gasteiger partial charge in [-0.25, -0.2) is 9.50 Å². The summed E-state index contributed by atoms with van der Waals surface area (Å²) in [6, 6.07) is 2.11. The van der Waals surface area contributed by atoms with Crippen LogP contribution in [0.15, 0.2) is 37.1 Å². The SMILES string of the molecule is CN(C(=O)c1cnn(C)c1)C1CCCN(c2nccn3nccc23)C1. The van der Waals surface area contributed by atoms with Crippen molar-refractivity contribution >= 4 is 17.2 Å². The van der Waals surface area contributed by atoms with Gasteiger partial charge in [-0.2, -0.15) is 10.2 Å². The molecule has 4 rings (SSSR count). The van der Waals surface area contributed by atoms with Crippen molar-refractivity contribution in [2.75, 3.05) is 25.0 Å². The largest absolute Gasteiger partial charge is 0.353 e. The van der Waals surface area contributed by atoms with Gasteiger partial charge in [-0.3, -0.25) is 9.48 Å². The lowest BCUT2D eigenvalue weighted by Crippen LogP contribution is -2.49. The maximum Gasteiger partial charge on any atom is 0.257 e. The zero-order valence-electron chi connectivity index (χ0n) is 14.4. The summed E-state index contributed by atoms with van der Waals surface area (Å²) in [5, 5.41) is 8.37. The normalized spacial score (nSPS) is 17.8. The van der Waals surface area contributed by atoms with Crippen LogP contribution in [0.1, 0.15) is 23.2 Å². The minimum Gasteiger partial charge on any atom is -0.353 e. The molecule has 8 heteroatoms. The van der Waals surface area contributed by atoms with E-state index in [1.54, 1.807) is 29.5 Å². The second-order valence-corrected chi connectivity index (χ2v) is 6.47. The molecule has 8 nitrogen and oxygen atoms in total. The van der Waals surface area contributed by atoms with E-state index in [9.17, 15) is 4.79 Å². The summed E-state index contributed by atoms with van der Waals surface area (Å²) in [7, 11) is 3.69. The molecule has 3 aromatic heterocycles. The molecule has 0 aliphatic carbocycles. The second-order valence-electron chi connectivity index (χ2n) is 6.47. The molecule has 0 saturated carbocycles. The number of amides is 1. The summed E-state index contributed by atoms with van der Waals surface area (Å²) < 4.78 is 3.48. The third-order valence-corrected chi connectivity index (χ3v) is 4.82. The molecule has 1 aliphatic rings. The zero-order chi connectivity index (χ0) is 17.4. The minimum absolute atomic E-state index is 0.00969. The number of anilines is 1. The topological polar surface area (TPSA) is 71.6 Å². The Hall–Kier alpha value is -2.90. The van der Waals surface area contributed by atoms with Crippen LogP contribution in [0, 0.1) is 0 Å². The van der Waals surface area contributed by atoms with Crippen LogP contribution >= 0.6 is 0 Å². The molecule has 0 aromatic carbocycles. The van der Waals surface area contributed by atoms with Crippen LogP contribution in [0.3, 0.4) is 0 Å². The van der Waals surface area contributed by atoms with Gasteiger partial charge in [0, 0.05) is 51.8 Å². The molecule has 3 aromatic rings. The summed E-state index contributed by atoms with van der Waals surface area (Å²) in [4.78, 5) is 21.3. The second kappa shape index (κ2) is 6.19. The fourth-order valence-electron chi connectivity index (χ4n) is 3.45. The van der Waals surface area contributed by atoms with Gasteiger partial charge < -0.3 is 9.80 Å². The Kier molecular flexibility index (Phi) is 3.87. The highest BCUT2D eigenvalue weighted by molar-refractivity contribution is 5.93. The third kappa shape index (κ3) is 2.84. The Bertz CT molecular complexity index is 899. The Balaban J connectivity index is 1.54. The number of carbonyl (C=O) groups is 1. The summed E-state index contributed by atoms with van der Waals surface area (Å²) in [6.45, 7) is 1.70. The minimum atomic E-state index is 0.00969. The Morgan fingerprint density at radius 2 is 2.20 bits per heavy atom. The van der Waals surface area contributed by atoms with Gasteiger partial charge in [0.25, 0.3) is 5.91 Å². The number of aromatic nitrogens is 5. The van der Waals surface area contributed by atoms with Crippen molar-refractivity contribution in [3.05, 3.63) is 42.6 Å². The lowest BCUT2D eigenvalue weighted by atomic mass is 10.0. The average molecular weight is 339 g/mol. The molecule has 1 amide bonds. The number of piperidine rings is 1. The van der Waals surface area contributed by atoms with Crippen molar-refractivity contribution in [2.45, 2.75) is 18.9 Å². The van der Waals surface area contributed by atoms with Crippen LogP contribution in [-0.2, 0) is 7.05 Å². The van der Waals surface area contributed by atoms with Crippen LogP contribution in [0.4, 0.5) is 5.82 Å². The van der Waals surface area contributed by atoms with E-state index < -0.39 is 0 Å². The maximum atomic E-state index is 12.7. The van der Waals surface area contributed by atoms with Gasteiger partial charge in [0.15, 0.2) is 5.82 Å². The van der Waals surface area contributed by atoms with Crippen molar-refractivity contribution < 1.29 is 4.79 Å². The smallest absolute Gasteiger partial charge is 0.257 e. The molecule has 0 N–H and O–H groups in total. The van der Waals surface area contributed by atoms with E-state index in [1.165, 1.54) is 0 Å². The number of aryl methyl sites for hydroxylation is 1. The molecule has 0 spiro atoms. The maximum absolute atomic E-state index is 12.7. The van der Waals surface area contributed by atoms with Crippen LogP contribution in [0.2, 0.25) is 0 Å². The summed E-state index contributed by atoms with van der Waals surface area (Å²) >= 11 is 0. The highest BCUT2D eigenvalue weighted by atomic mass is 16.2. The van der Waals surface area contributed by atoms with Gasteiger partial charge in [-0.05, 0) is 18.9 Å². The fraction of sp³-hybridized carbons (Fsp3) is 0.412. The molecule has 0 bridgehead atoms. The fourth-order valence-corrected chi connectivity index (χ4v) is 3.45. The van der Waals surface area contributed by atoms with E-state index in [-0.39, 0.29) is 11.9 Å². The van der Waals surface area contributed by atoms with E-state index >= 15 is 0 Å². The Morgan fingerprint density at radius 1 is 1.32 bits per heavy atom. The molecule has 1 unspecified atom stereocenters. The molecule has 1 fully saturated rings. The summed E-state index contributed by atoms with van der Waals surface area (Å²) in [5.41, 5.74) is 1.61. The lowest BCUT2D eigenvalue weighted by Gasteiger charge is -2.38. The van der Waals surface area contributed by atoms with Crippen molar-refractivity contribution in [1.82, 2.24) is 29.3 Å². The van der Waals surface area contributed by atoms with Gasteiger partial charge in [0.2, 0.25) is 0 Å². The number of hydrogen-bond donors (Lipinski definition) is 0. The van der Waals surface area contributed by atoms with Crippen LogP contribution in [0.25, 0.3) is 5.52 Å². The Labute approximate surface area is 145 Å². The van der Waals surface area contributed by atoms with Gasteiger partial charge in [0.05, 0.1) is 18.0 Å². The van der Waals surface area contributed by atoms with Crippen molar-refractivity contribution in [3.63, 3.8) is 0 Å². The first-order valence-electron chi connectivity index (χ1n) is 8.42. The number of likely N-dealkylation sites (N-methyl/N-ethyl adjacent to an activating group) is 1. The Morgan fingerprint density at radius 3 is 3.00 bits per heavy atom. The predicted octanol–water partition coefficient (Wildman–Crippen LogP) is 1.20. The lowest BCUT2D eigenvalue weighted by molar-refractivity contribution is 0.0717. The molecule has 1 atom stereocenters. The molecular formula is C17H21N7O. The van der Waals surface area contributed by atoms with E-state index in [0.29, 0.717) is 5.56 Å². The van der Waals surface area contributed by atoms with E-state index in [0.717, 1.165) is 37.3 Å². The molecule has 4 heterocycles. The summed E-state index contributed by atoms with van der Waals surface area (Å²) in [6.07, 6.45) is 10.8. The quantitative estimate of drug-likeness (QED) is 0.717. The van der Waals surface area contributed by atoms with Gasteiger partial charge >= 0.3 is 0 Å². The first-order valence-corrected chi connectivity index (χ1v) is 8.42. The highest BCUT2D eigenvalue weighted by Gasteiger charge is 2.28. The van der Waals surface area contributed by atoms with E-state index in [1.807, 2.05) is 35.8 Å². The monoisotopic (exact) mass is 339 g/mol. The molecule has 1 aliphatic heterocycles.